The molecule has 24 heavy (non-hydrogen) atoms. The lowest BCUT2D eigenvalue weighted by Gasteiger charge is -2.20. The summed E-state index contributed by atoms with van der Waals surface area (Å²) >= 11 is 8.86. The Morgan fingerprint density at radius 2 is 2.04 bits per heavy atom. The molecule has 0 radical (unpaired) electrons. The molecule has 1 unspecified atom stereocenters. The molecular weight excluding hydrogens is 409 g/mol. The number of thiazole rings is 1. The fourth-order valence-electron chi connectivity index (χ4n) is 1.89. The van der Waals surface area contributed by atoms with Gasteiger partial charge in [-0.05, 0) is 24.5 Å². The first kappa shape index (κ1) is 23.6. The minimum Gasteiger partial charge on any atom is -0.340 e. The molecule has 0 saturated carbocycles. The third-order valence-corrected chi connectivity index (χ3v) is 5.75. The van der Waals surface area contributed by atoms with E-state index in [0.29, 0.717) is 18.2 Å². The number of carbonyl (C=O) groups is 1. The Bertz CT molecular complexity index is 645. The van der Waals surface area contributed by atoms with Gasteiger partial charge in [-0.1, -0.05) is 25.4 Å². The van der Waals surface area contributed by atoms with Gasteiger partial charge in [0.05, 0.1) is 9.21 Å². The van der Waals surface area contributed by atoms with E-state index in [-0.39, 0.29) is 36.8 Å². The summed E-state index contributed by atoms with van der Waals surface area (Å²) in [7, 11) is 1.79. The van der Waals surface area contributed by atoms with Crippen LogP contribution in [-0.2, 0) is 0 Å². The number of hydrogen-bond acceptors (Lipinski definition) is 5. The Balaban J connectivity index is 0.00000264. The average Bonchev–Trinajstić information content (AvgIpc) is 3.11. The second kappa shape index (κ2) is 10.6. The van der Waals surface area contributed by atoms with E-state index in [1.54, 1.807) is 17.3 Å². The van der Waals surface area contributed by atoms with Crippen molar-refractivity contribution < 1.29 is 4.79 Å². The topological polar surface area (TPSA) is 59.2 Å². The highest BCUT2D eigenvalue weighted by molar-refractivity contribution is 7.23. The summed E-state index contributed by atoms with van der Waals surface area (Å²) in [6.45, 7) is 4.81. The maximum atomic E-state index is 12.4. The monoisotopic (exact) mass is 429 g/mol. The number of nitrogens with zero attached hydrogens (tertiary/aromatic N) is 2. The van der Waals surface area contributed by atoms with Crippen LogP contribution in [0.2, 0.25) is 4.34 Å². The third-order valence-electron chi connectivity index (χ3n) is 3.51. The van der Waals surface area contributed by atoms with Gasteiger partial charge in [-0.15, -0.1) is 47.5 Å². The molecule has 4 nitrogen and oxygen atoms in total. The molecule has 0 aliphatic carbocycles. The van der Waals surface area contributed by atoms with E-state index in [9.17, 15) is 4.79 Å². The molecule has 0 aliphatic rings. The van der Waals surface area contributed by atoms with E-state index in [2.05, 4.69) is 18.8 Å². The summed E-state index contributed by atoms with van der Waals surface area (Å²) in [6.07, 6.45) is 0.789. The van der Waals surface area contributed by atoms with Crippen LogP contribution in [-0.4, -0.2) is 35.4 Å². The van der Waals surface area contributed by atoms with Crippen LogP contribution < -0.4 is 5.73 Å². The van der Waals surface area contributed by atoms with Gasteiger partial charge in [0, 0.05) is 25.0 Å². The van der Waals surface area contributed by atoms with E-state index in [1.807, 2.05) is 12.1 Å². The lowest BCUT2D eigenvalue weighted by atomic mass is 10.0. The molecule has 0 bridgehead atoms. The van der Waals surface area contributed by atoms with Crippen molar-refractivity contribution in [3.05, 3.63) is 27.5 Å². The molecule has 2 aromatic rings. The number of hydrogen-bond donors (Lipinski definition) is 1. The van der Waals surface area contributed by atoms with E-state index >= 15 is 0 Å². The third kappa shape index (κ3) is 6.17. The predicted octanol–water partition coefficient (Wildman–Crippen LogP) is 4.81. The van der Waals surface area contributed by atoms with Crippen LogP contribution in [0.5, 0.6) is 0 Å². The van der Waals surface area contributed by atoms with Crippen LogP contribution >= 0.6 is 59.1 Å². The van der Waals surface area contributed by atoms with Crippen molar-refractivity contribution in [3.63, 3.8) is 0 Å². The summed E-state index contributed by atoms with van der Waals surface area (Å²) in [5.41, 5.74) is 6.50. The van der Waals surface area contributed by atoms with Crippen LogP contribution in [0.1, 0.15) is 30.8 Å². The zero-order valence-corrected chi connectivity index (χ0v) is 17.7. The fraction of sp³-hybridized carbons (Fsp3) is 0.467. The summed E-state index contributed by atoms with van der Waals surface area (Å²) in [5, 5.41) is 2.62. The molecule has 1 atom stereocenters. The molecule has 2 heterocycles. The van der Waals surface area contributed by atoms with Gasteiger partial charge in [0.25, 0.3) is 5.91 Å². The minimum atomic E-state index is -0.0684. The van der Waals surface area contributed by atoms with Crippen molar-refractivity contribution in [3.8, 4) is 9.88 Å². The first-order chi connectivity index (χ1) is 10.4. The second-order valence-electron chi connectivity index (χ2n) is 5.56. The Morgan fingerprint density at radius 3 is 2.58 bits per heavy atom. The van der Waals surface area contributed by atoms with Gasteiger partial charge in [-0.2, -0.15) is 0 Å². The molecule has 0 fully saturated rings. The zero-order chi connectivity index (χ0) is 16.3. The fourth-order valence-corrected chi connectivity index (χ4v) is 3.80. The van der Waals surface area contributed by atoms with Crippen molar-refractivity contribution in [2.24, 2.45) is 11.7 Å². The highest BCUT2D eigenvalue weighted by Crippen LogP contribution is 2.33. The van der Waals surface area contributed by atoms with Crippen LogP contribution in [0, 0.1) is 5.92 Å². The van der Waals surface area contributed by atoms with Gasteiger partial charge in [0.2, 0.25) is 0 Å². The van der Waals surface area contributed by atoms with E-state index in [1.165, 1.54) is 22.7 Å². The van der Waals surface area contributed by atoms with Crippen molar-refractivity contribution >= 4 is 65.0 Å². The lowest BCUT2D eigenvalue weighted by Crippen LogP contribution is -2.34. The number of halogens is 3. The Kier molecular flexibility index (Phi) is 10.4. The molecule has 9 heteroatoms. The van der Waals surface area contributed by atoms with Gasteiger partial charge in [-0.25, -0.2) is 4.98 Å². The summed E-state index contributed by atoms with van der Waals surface area (Å²) in [6, 6.07) is 3.87. The number of amides is 1. The Hall–Kier alpha value is -0.370. The number of thiophene rings is 1. The number of aromatic nitrogens is 1. The molecule has 2 N–H and O–H groups in total. The highest BCUT2D eigenvalue weighted by atomic mass is 35.5. The molecule has 0 spiro atoms. The van der Waals surface area contributed by atoms with Gasteiger partial charge < -0.3 is 10.6 Å². The molecule has 2 aromatic heterocycles. The molecular formula is C15H22Cl3N3OS2. The first-order valence-corrected chi connectivity index (χ1v) is 9.18. The molecule has 136 valence electrons. The first-order valence-electron chi connectivity index (χ1n) is 7.10. The van der Waals surface area contributed by atoms with Crippen molar-refractivity contribution in [1.29, 1.82) is 0 Å². The molecule has 2 rings (SSSR count). The normalized spacial score (nSPS) is 11.6. The van der Waals surface area contributed by atoms with Gasteiger partial charge in [0.15, 0.2) is 0 Å². The molecule has 0 aromatic carbocycles. The van der Waals surface area contributed by atoms with Crippen LogP contribution in [0.3, 0.4) is 0 Å². The van der Waals surface area contributed by atoms with E-state index in [0.717, 1.165) is 20.6 Å². The number of carbonyl (C=O) groups excluding carboxylic acids is 1. The quantitative estimate of drug-likeness (QED) is 0.715. The maximum absolute atomic E-state index is 12.4. The van der Waals surface area contributed by atoms with Crippen LogP contribution in [0.15, 0.2) is 17.5 Å². The standard InChI is InChI=1S/C15H20ClN3OS2.2ClH/c1-9(2)10(17)6-7-19(3)15(20)11-8-21-14(18-11)12-4-5-13(16)22-12;;/h4-5,8-10H,6-7,17H2,1-3H3;2*1H. The zero-order valence-electron chi connectivity index (χ0n) is 13.7. The van der Waals surface area contributed by atoms with Crippen molar-refractivity contribution in [1.82, 2.24) is 9.88 Å². The smallest absolute Gasteiger partial charge is 0.273 e. The number of nitrogens with two attached hydrogens (primary N) is 1. The van der Waals surface area contributed by atoms with Gasteiger partial charge in [0.1, 0.15) is 10.7 Å². The second-order valence-corrected chi connectivity index (χ2v) is 8.14. The SMILES string of the molecule is CC(C)C(N)CCN(C)C(=O)c1csc(-c2ccc(Cl)s2)n1.Cl.Cl. The predicted molar refractivity (Wildman–Crippen MR) is 109 cm³/mol. The Labute approximate surface area is 168 Å². The molecule has 1 amide bonds. The van der Waals surface area contributed by atoms with Crippen LogP contribution in [0.25, 0.3) is 9.88 Å². The summed E-state index contributed by atoms with van der Waals surface area (Å²) < 4.78 is 0.720. The average molecular weight is 431 g/mol. The van der Waals surface area contributed by atoms with Gasteiger partial charge >= 0.3 is 0 Å². The largest absolute Gasteiger partial charge is 0.340 e. The summed E-state index contributed by atoms with van der Waals surface area (Å²) in [4.78, 5) is 19.5. The van der Waals surface area contributed by atoms with Gasteiger partial charge in [-0.3, -0.25) is 4.79 Å². The summed E-state index contributed by atoms with van der Waals surface area (Å²) in [5.74, 6) is 0.346. The van der Waals surface area contributed by atoms with Crippen molar-refractivity contribution in [2.45, 2.75) is 26.3 Å². The molecule has 0 saturated heterocycles. The van der Waals surface area contributed by atoms with Crippen molar-refractivity contribution in [2.75, 3.05) is 13.6 Å². The van der Waals surface area contributed by atoms with E-state index in [4.69, 9.17) is 17.3 Å². The Morgan fingerprint density at radius 1 is 1.38 bits per heavy atom. The molecule has 0 aliphatic heterocycles. The minimum absolute atomic E-state index is 0. The maximum Gasteiger partial charge on any atom is 0.273 e. The highest BCUT2D eigenvalue weighted by Gasteiger charge is 2.18. The van der Waals surface area contributed by atoms with Crippen LogP contribution in [0.4, 0.5) is 0 Å². The lowest BCUT2D eigenvalue weighted by molar-refractivity contribution is 0.0784. The number of rotatable bonds is 6. The van der Waals surface area contributed by atoms with E-state index < -0.39 is 0 Å².